The lowest BCUT2D eigenvalue weighted by molar-refractivity contribution is 0.484. The molecule has 5 nitrogen and oxygen atoms in total. The molecule has 0 amide bonds. The number of benzene rings is 6. The molecule has 0 saturated heterocycles. The summed E-state index contributed by atoms with van der Waals surface area (Å²) in [5.74, 6) is 1.52. The molecular weight excluding hydrogens is 649 g/mol. The van der Waals surface area contributed by atoms with Gasteiger partial charge in [-0.2, -0.15) is 0 Å². The number of aryl methyl sites for hydroxylation is 6. The van der Waals surface area contributed by atoms with Gasteiger partial charge in [0.05, 0.1) is 11.0 Å². The predicted octanol–water partition coefficient (Wildman–Crippen LogP) is 12.6. The monoisotopic (exact) mass is 686 g/mol. The zero-order chi connectivity index (χ0) is 36.1. The van der Waals surface area contributed by atoms with Crippen molar-refractivity contribution in [3.05, 3.63) is 155 Å². The minimum atomic E-state index is 0.761. The van der Waals surface area contributed by atoms with E-state index in [1.165, 1.54) is 66.4 Å². The van der Waals surface area contributed by atoms with E-state index < -0.39 is 0 Å². The number of rotatable bonds is 4. The summed E-state index contributed by atoms with van der Waals surface area (Å²) in [7, 11) is 0. The Morgan fingerprint density at radius 2 is 0.811 bits per heavy atom. The fourth-order valence-electron chi connectivity index (χ4n) is 9.04. The van der Waals surface area contributed by atoms with Crippen LogP contribution < -0.4 is 4.74 Å². The van der Waals surface area contributed by atoms with Crippen LogP contribution in [0.3, 0.4) is 0 Å². The summed E-state index contributed by atoms with van der Waals surface area (Å²) in [6, 6.07) is 35.4. The first-order chi connectivity index (χ1) is 25.7. The first-order valence-corrected chi connectivity index (χ1v) is 18.2. The van der Waals surface area contributed by atoms with E-state index in [4.69, 9.17) is 14.7 Å². The van der Waals surface area contributed by atoms with E-state index in [0.29, 0.717) is 0 Å². The minimum Gasteiger partial charge on any atom is -0.457 e. The second kappa shape index (κ2) is 11.5. The lowest BCUT2D eigenvalue weighted by Gasteiger charge is -2.15. The molecule has 0 aliphatic carbocycles. The van der Waals surface area contributed by atoms with Crippen LogP contribution in [0, 0.1) is 41.5 Å². The highest BCUT2D eigenvalue weighted by Crippen LogP contribution is 2.39. The summed E-state index contributed by atoms with van der Waals surface area (Å²) in [6.07, 6.45) is 7.87. The highest BCUT2D eigenvalue weighted by Gasteiger charge is 2.16. The summed E-state index contributed by atoms with van der Waals surface area (Å²) in [4.78, 5) is 9.66. The molecule has 0 unspecified atom stereocenters. The largest absolute Gasteiger partial charge is 0.457 e. The normalized spacial score (nSPS) is 12.0. The molecule has 0 aliphatic heterocycles. The Balaban J connectivity index is 1.06. The highest BCUT2D eigenvalue weighted by atomic mass is 16.5. The topological polar surface area (TPSA) is 43.8 Å². The van der Waals surface area contributed by atoms with Crippen LogP contribution in [-0.4, -0.2) is 18.8 Å². The zero-order valence-corrected chi connectivity index (χ0v) is 30.7. The molecule has 10 rings (SSSR count). The van der Waals surface area contributed by atoms with Crippen LogP contribution >= 0.6 is 0 Å². The van der Waals surface area contributed by atoms with Crippen LogP contribution in [0.15, 0.2) is 122 Å². The van der Waals surface area contributed by atoms with E-state index in [9.17, 15) is 0 Å². The van der Waals surface area contributed by atoms with Crippen LogP contribution in [0.25, 0.3) is 76.9 Å². The summed E-state index contributed by atoms with van der Waals surface area (Å²) in [6.45, 7) is 13.1. The molecule has 0 fully saturated rings. The van der Waals surface area contributed by atoms with Crippen molar-refractivity contribution in [1.29, 1.82) is 0 Å². The average Bonchev–Trinajstić information content (AvgIpc) is 3.83. The Morgan fingerprint density at radius 3 is 1.23 bits per heavy atom. The molecule has 10 aromatic rings. The van der Waals surface area contributed by atoms with Gasteiger partial charge in [0.25, 0.3) is 0 Å². The maximum absolute atomic E-state index is 6.62. The van der Waals surface area contributed by atoms with Crippen molar-refractivity contribution in [2.75, 3.05) is 0 Å². The Morgan fingerprint density at radius 1 is 0.415 bits per heavy atom. The van der Waals surface area contributed by atoms with Crippen LogP contribution in [0.1, 0.15) is 33.4 Å². The first-order valence-electron chi connectivity index (χ1n) is 18.2. The summed E-state index contributed by atoms with van der Waals surface area (Å²) < 4.78 is 11.0. The Bertz CT molecular complexity index is 2900. The van der Waals surface area contributed by atoms with Crippen molar-refractivity contribution in [1.82, 2.24) is 18.8 Å². The molecule has 0 aliphatic rings. The lowest BCUT2D eigenvalue weighted by Crippen LogP contribution is -1.95. The van der Waals surface area contributed by atoms with Crippen molar-refractivity contribution >= 4 is 54.6 Å². The van der Waals surface area contributed by atoms with Crippen molar-refractivity contribution in [2.24, 2.45) is 0 Å². The zero-order valence-electron chi connectivity index (χ0n) is 30.7. The molecule has 4 heterocycles. The molecular formula is C48H38N4O. The molecule has 6 aromatic carbocycles. The van der Waals surface area contributed by atoms with E-state index in [1.807, 2.05) is 12.4 Å². The molecule has 53 heavy (non-hydrogen) atoms. The molecule has 5 heteroatoms. The number of ether oxygens (including phenoxy) is 1. The van der Waals surface area contributed by atoms with Gasteiger partial charge < -0.3 is 4.74 Å². The molecule has 256 valence electrons. The van der Waals surface area contributed by atoms with Gasteiger partial charge in [-0.15, -0.1) is 0 Å². The third-order valence-electron chi connectivity index (χ3n) is 11.0. The third kappa shape index (κ3) is 4.84. The van der Waals surface area contributed by atoms with Gasteiger partial charge in [-0.05, 0) is 145 Å². The molecule has 0 saturated carbocycles. The number of pyridine rings is 2. The maximum atomic E-state index is 6.62. The van der Waals surface area contributed by atoms with Gasteiger partial charge in [-0.25, -0.2) is 9.97 Å². The lowest BCUT2D eigenvalue weighted by atomic mass is 9.92. The van der Waals surface area contributed by atoms with E-state index in [0.717, 1.165) is 55.4 Å². The van der Waals surface area contributed by atoms with Crippen LogP contribution in [0.5, 0.6) is 11.5 Å². The average molecular weight is 687 g/mol. The Labute approximate surface area is 307 Å². The Hall–Kier alpha value is -6.46. The number of aromatic nitrogens is 4. The van der Waals surface area contributed by atoms with Gasteiger partial charge in [-0.3, -0.25) is 8.80 Å². The quantitative estimate of drug-likeness (QED) is 0.173. The van der Waals surface area contributed by atoms with Crippen LogP contribution in [0.2, 0.25) is 0 Å². The highest BCUT2D eigenvalue weighted by molar-refractivity contribution is 6.14. The second-order valence-electron chi connectivity index (χ2n) is 14.8. The molecule has 0 spiro atoms. The van der Waals surface area contributed by atoms with Gasteiger partial charge in [0.15, 0.2) is 0 Å². The molecule has 0 bridgehead atoms. The predicted molar refractivity (Wildman–Crippen MR) is 220 cm³/mol. The number of fused-ring (bicyclic) bond motifs is 12. The fourth-order valence-corrected chi connectivity index (χ4v) is 9.04. The van der Waals surface area contributed by atoms with Crippen molar-refractivity contribution < 1.29 is 4.74 Å². The van der Waals surface area contributed by atoms with Crippen LogP contribution in [-0.2, 0) is 0 Å². The molecule has 0 radical (unpaired) electrons. The second-order valence-corrected chi connectivity index (χ2v) is 14.8. The van der Waals surface area contributed by atoms with Gasteiger partial charge in [0, 0.05) is 46.3 Å². The summed E-state index contributed by atoms with van der Waals surface area (Å²) in [5, 5.41) is 6.75. The minimum absolute atomic E-state index is 0.761. The summed E-state index contributed by atoms with van der Waals surface area (Å²) >= 11 is 0. The van der Waals surface area contributed by atoms with Crippen molar-refractivity contribution in [3.8, 4) is 33.8 Å². The van der Waals surface area contributed by atoms with Crippen molar-refractivity contribution in [3.63, 3.8) is 0 Å². The third-order valence-corrected chi connectivity index (χ3v) is 11.0. The van der Waals surface area contributed by atoms with Gasteiger partial charge >= 0.3 is 0 Å². The van der Waals surface area contributed by atoms with E-state index >= 15 is 0 Å². The van der Waals surface area contributed by atoms with Crippen LogP contribution in [0.4, 0.5) is 0 Å². The SMILES string of the molecule is Cc1cc(C)c(-c2ccc3c4ccc(Oc5ccc6c7ccc(-c8c(C)cc(C)cc8C)cc7n7ccnc7c6c5)cc4c4nccn4c3c2)c(C)c1. The molecule has 0 atom stereocenters. The van der Waals surface area contributed by atoms with E-state index in [2.05, 4.69) is 160 Å². The van der Waals surface area contributed by atoms with Gasteiger partial charge in [-0.1, -0.05) is 59.7 Å². The molecule has 4 aromatic heterocycles. The number of hydrogen-bond donors (Lipinski definition) is 0. The van der Waals surface area contributed by atoms with Gasteiger partial charge in [0.1, 0.15) is 22.8 Å². The maximum Gasteiger partial charge on any atom is 0.145 e. The first kappa shape index (κ1) is 31.3. The smallest absolute Gasteiger partial charge is 0.145 e. The fraction of sp³-hybridized carbons (Fsp3) is 0.125. The van der Waals surface area contributed by atoms with Gasteiger partial charge in [0.2, 0.25) is 0 Å². The van der Waals surface area contributed by atoms with E-state index in [-0.39, 0.29) is 0 Å². The Kier molecular flexibility index (Phi) is 6.80. The van der Waals surface area contributed by atoms with E-state index in [1.54, 1.807) is 0 Å². The number of nitrogens with zero attached hydrogens (tertiary/aromatic N) is 4. The molecule has 0 N–H and O–H groups in total. The summed E-state index contributed by atoms with van der Waals surface area (Å²) in [5.41, 5.74) is 16.9. The van der Waals surface area contributed by atoms with Crippen molar-refractivity contribution in [2.45, 2.75) is 41.5 Å². The number of imidazole rings is 2. The number of hydrogen-bond acceptors (Lipinski definition) is 3. The standard InChI is InChI=1S/C48H38N4O/c1-27-19-29(3)45(30(4)20-27)33-7-11-39-37-13-9-35(25-41(37)47-49-15-17-51(47)43(39)23-33)53-36-10-14-38-40-12-8-34(46-31(5)21-28(2)22-32(46)6)24-44(40)52-18-16-50-48(52)42(38)26-36/h7-26H,1-6H3.